The molecule has 20 heavy (non-hydrogen) atoms. The summed E-state index contributed by atoms with van der Waals surface area (Å²) in [5.74, 6) is 1.15. The molecule has 0 aliphatic carbocycles. The zero-order valence-corrected chi connectivity index (χ0v) is 11.5. The quantitative estimate of drug-likeness (QED) is 0.755. The Morgan fingerprint density at radius 3 is 3.00 bits per heavy atom. The maximum Gasteiger partial charge on any atom is 0.306 e. The second kappa shape index (κ2) is 6.70. The molecular weight excluding hydrogens is 260 g/mol. The predicted octanol–water partition coefficient (Wildman–Crippen LogP) is 2.59. The van der Waals surface area contributed by atoms with Crippen LogP contribution in [0.1, 0.15) is 25.7 Å². The van der Waals surface area contributed by atoms with Crippen molar-refractivity contribution in [2.75, 3.05) is 7.11 Å². The number of aromatic nitrogens is 2. The van der Waals surface area contributed by atoms with Crippen LogP contribution < -0.4 is 4.74 Å². The highest BCUT2D eigenvalue weighted by molar-refractivity contribution is 5.69. The predicted molar refractivity (Wildman–Crippen MR) is 71.0 cm³/mol. The molecule has 0 unspecified atom stereocenters. The summed E-state index contributed by atoms with van der Waals surface area (Å²) in [4.78, 5) is 15.4. The van der Waals surface area contributed by atoms with E-state index in [0.29, 0.717) is 18.0 Å². The summed E-state index contributed by atoms with van der Waals surface area (Å²) in [6, 6.07) is 7.32. The molecule has 0 spiro atoms. The average molecular weight is 276 g/mol. The lowest BCUT2D eigenvalue weighted by Gasteiger charge is -2.00. The van der Waals surface area contributed by atoms with Gasteiger partial charge in [0.05, 0.1) is 7.11 Å². The van der Waals surface area contributed by atoms with Gasteiger partial charge in [-0.1, -0.05) is 24.2 Å². The van der Waals surface area contributed by atoms with Crippen molar-refractivity contribution in [3.63, 3.8) is 0 Å². The van der Waals surface area contributed by atoms with Crippen molar-refractivity contribution in [2.45, 2.75) is 26.4 Å². The fourth-order valence-corrected chi connectivity index (χ4v) is 1.61. The van der Waals surface area contributed by atoms with Gasteiger partial charge in [0.1, 0.15) is 5.75 Å². The molecule has 0 aliphatic heterocycles. The molecule has 0 atom stereocenters. The molecule has 0 N–H and O–H groups in total. The number of rotatable bonds is 6. The Balaban J connectivity index is 2.03. The molecular formula is C14H16N2O4. The molecule has 2 rings (SSSR count). The maximum absolute atomic E-state index is 11.2. The van der Waals surface area contributed by atoms with Crippen LogP contribution in [0.4, 0.5) is 0 Å². The highest BCUT2D eigenvalue weighted by atomic mass is 16.6. The Labute approximate surface area is 116 Å². The first-order valence-corrected chi connectivity index (χ1v) is 6.35. The normalized spacial score (nSPS) is 10.3. The van der Waals surface area contributed by atoms with E-state index in [1.807, 2.05) is 25.1 Å². The minimum atomic E-state index is -0.270. The van der Waals surface area contributed by atoms with Crippen molar-refractivity contribution in [3.8, 4) is 17.1 Å². The molecule has 0 amide bonds. The molecule has 6 heteroatoms. The molecule has 0 bridgehead atoms. The summed E-state index contributed by atoms with van der Waals surface area (Å²) in [5, 5.41) is 3.85. The Hall–Kier alpha value is -2.37. The zero-order chi connectivity index (χ0) is 14.4. The summed E-state index contributed by atoms with van der Waals surface area (Å²) in [5.41, 5.74) is 0.777. The summed E-state index contributed by atoms with van der Waals surface area (Å²) >= 11 is 0. The van der Waals surface area contributed by atoms with Crippen molar-refractivity contribution in [1.82, 2.24) is 10.1 Å². The number of benzene rings is 1. The van der Waals surface area contributed by atoms with Crippen LogP contribution in [-0.4, -0.2) is 23.2 Å². The topological polar surface area (TPSA) is 74.5 Å². The highest BCUT2D eigenvalue weighted by Crippen LogP contribution is 2.21. The molecule has 0 aliphatic rings. The number of hydrogen-bond acceptors (Lipinski definition) is 6. The third kappa shape index (κ3) is 3.57. The molecule has 6 nitrogen and oxygen atoms in total. The second-order valence-corrected chi connectivity index (χ2v) is 4.15. The van der Waals surface area contributed by atoms with Gasteiger partial charge in [-0.05, 0) is 18.6 Å². The monoisotopic (exact) mass is 276 g/mol. The minimum absolute atomic E-state index is 0.00416. The van der Waals surface area contributed by atoms with E-state index < -0.39 is 0 Å². The SMILES string of the molecule is CCCC(=O)OCc1nc(-c2cccc(OC)c2)no1. The summed E-state index contributed by atoms with van der Waals surface area (Å²) in [6.07, 6.45) is 1.13. The fourth-order valence-electron chi connectivity index (χ4n) is 1.61. The number of methoxy groups -OCH3 is 1. The Bertz CT molecular complexity index is 580. The van der Waals surface area contributed by atoms with Gasteiger partial charge in [-0.3, -0.25) is 4.79 Å². The van der Waals surface area contributed by atoms with Crippen molar-refractivity contribution < 1.29 is 18.8 Å². The third-order valence-corrected chi connectivity index (χ3v) is 2.61. The smallest absolute Gasteiger partial charge is 0.306 e. The van der Waals surface area contributed by atoms with Crippen molar-refractivity contribution in [3.05, 3.63) is 30.2 Å². The van der Waals surface area contributed by atoms with E-state index in [9.17, 15) is 4.79 Å². The molecule has 1 heterocycles. The van der Waals surface area contributed by atoms with E-state index >= 15 is 0 Å². The van der Waals surface area contributed by atoms with Gasteiger partial charge in [-0.15, -0.1) is 0 Å². The van der Waals surface area contributed by atoms with E-state index in [1.54, 1.807) is 13.2 Å². The van der Waals surface area contributed by atoms with Crippen LogP contribution in [0.15, 0.2) is 28.8 Å². The number of carbonyl (C=O) groups is 1. The lowest BCUT2D eigenvalue weighted by atomic mass is 10.2. The average Bonchev–Trinajstić information content (AvgIpc) is 2.94. The number of hydrogen-bond donors (Lipinski definition) is 0. The first-order valence-electron chi connectivity index (χ1n) is 6.35. The van der Waals surface area contributed by atoms with Crippen molar-refractivity contribution in [2.24, 2.45) is 0 Å². The van der Waals surface area contributed by atoms with Gasteiger partial charge in [-0.2, -0.15) is 4.98 Å². The lowest BCUT2D eigenvalue weighted by molar-refractivity contribution is -0.145. The van der Waals surface area contributed by atoms with Crippen molar-refractivity contribution in [1.29, 1.82) is 0 Å². The molecule has 1 aromatic heterocycles. The summed E-state index contributed by atoms with van der Waals surface area (Å²) in [7, 11) is 1.59. The molecule has 0 fully saturated rings. The molecule has 106 valence electrons. The largest absolute Gasteiger partial charge is 0.497 e. The van der Waals surface area contributed by atoms with Gasteiger partial charge < -0.3 is 14.0 Å². The van der Waals surface area contributed by atoms with Gasteiger partial charge in [0.25, 0.3) is 5.89 Å². The first-order chi connectivity index (χ1) is 9.72. The third-order valence-electron chi connectivity index (χ3n) is 2.61. The molecule has 0 saturated carbocycles. The molecule has 0 saturated heterocycles. The van der Waals surface area contributed by atoms with Gasteiger partial charge in [0, 0.05) is 12.0 Å². The lowest BCUT2D eigenvalue weighted by Crippen LogP contribution is -2.03. The standard InChI is InChI=1S/C14H16N2O4/c1-3-5-13(17)19-9-12-15-14(16-20-12)10-6-4-7-11(8-10)18-2/h4,6-8H,3,5,9H2,1-2H3. The van der Waals surface area contributed by atoms with E-state index in [4.69, 9.17) is 14.0 Å². The van der Waals surface area contributed by atoms with Crippen molar-refractivity contribution >= 4 is 5.97 Å². The van der Waals surface area contributed by atoms with E-state index in [-0.39, 0.29) is 18.5 Å². The number of esters is 1. The van der Waals surface area contributed by atoms with Crippen LogP contribution in [-0.2, 0) is 16.1 Å². The van der Waals surface area contributed by atoms with E-state index in [0.717, 1.165) is 12.0 Å². The van der Waals surface area contributed by atoms with Crippen LogP contribution >= 0.6 is 0 Å². The number of nitrogens with zero attached hydrogens (tertiary/aromatic N) is 2. The molecule has 1 aromatic carbocycles. The second-order valence-electron chi connectivity index (χ2n) is 4.15. The maximum atomic E-state index is 11.2. The van der Waals surface area contributed by atoms with Gasteiger partial charge in [0.2, 0.25) is 5.82 Å². The number of ether oxygens (including phenoxy) is 2. The fraction of sp³-hybridized carbons (Fsp3) is 0.357. The Kier molecular flexibility index (Phi) is 4.70. The molecule has 0 radical (unpaired) electrons. The summed E-state index contributed by atoms with van der Waals surface area (Å²) < 4.78 is 15.2. The van der Waals surface area contributed by atoms with Gasteiger partial charge in [-0.25, -0.2) is 0 Å². The first kappa shape index (κ1) is 14.0. The van der Waals surface area contributed by atoms with Crippen LogP contribution in [0.2, 0.25) is 0 Å². The summed E-state index contributed by atoms with van der Waals surface area (Å²) in [6.45, 7) is 1.91. The number of carbonyl (C=O) groups excluding carboxylic acids is 1. The van der Waals surface area contributed by atoms with Crippen LogP contribution in [0.5, 0.6) is 5.75 Å². The molecule has 2 aromatic rings. The van der Waals surface area contributed by atoms with Gasteiger partial charge in [0.15, 0.2) is 6.61 Å². The van der Waals surface area contributed by atoms with Crippen LogP contribution in [0.3, 0.4) is 0 Å². The minimum Gasteiger partial charge on any atom is -0.497 e. The highest BCUT2D eigenvalue weighted by Gasteiger charge is 2.11. The zero-order valence-electron chi connectivity index (χ0n) is 11.5. The van der Waals surface area contributed by atoms with Gasteiger partial charge >= 0.3 is 5.97 Å². The van der Waals surface area contributed by atoms with E-state index in [1.165, 1.54) is 0 Å². The Morgan fingerprint density at radius 1 is 1.40 bits per heavy atom. The van der Waals surface area contributed by atoms with E-state index in [2.05, 4.69) is 10.1 Å². The van der Waals surface area contributed by atoms with Crippen LogP contribution in [0.25, 0.3) is 11.4 Å². The Morgan fingerprint density at radius 2 is 2.25 bits per heavy atom. The van der Waals surface area contributed by atoms with Crippen LogP contribution in [0, 0.1) is 0 Å².